The molecular formula is C25H30ClN3O2. The third-order valence-electron chi connectivity index (χ3n) is 6.53. The van der Waals surface area contributed by atoms with Crippen LogP contribution in [0.1, 0.15) is 37.8 Å². The Bertz CT molecular complexity index is 922. The highest BCUT2D eigenvalue weighted by Crippen LogP contribution is 2.35. The Kier molecular flexibility index (Phi) is 6.35. The van der Waals surface area contributed by atoms with E-state index in [1.165, 1.54) is 5.56 Å². The molecule has 0 aromatic heterocycles. The minimum absolute atomic E-state index is 0.00660. The summed E-state index contributed by atoms with van der Waals surface area (Å²) in [4.78, 5) is 31.1. The standard InChI is InChI=1S/C25H30ClN3O2/c1-18(2)29-23(30)22(16-19-6-4-3-5-7-19)27-24(31)25(29)12-14-28(15-13-25)17-20-8-10-21(26)11-9-20/h3-11,18,22H,12-17H2,1-2H3,(H,27,31). The van der Waals surface area contributed by atoms with E-state index < -0.39 is 11.6 Å². The lowest BCUT2D eigenvalue weighted by Gasteiger charge is -2.53. The summed E-state index contributed by atoms with van der Waals surface area (Å²) in [5.41, 5.74) is 1.50. The number of carbonyl (C=O) groups excluding carboxylic acids is 2. The number of benzene rings is 2. The number of halogens is 1. The van der Waals surface area contributed by atoms with Gasteiger partial charge < -0.3 is 10.2 Å². The lowest BCUT2D eigenvalue weighted by molar-refractivity contribution is -0.164. The predicted octanol–water partition coefficient (Wildman–Crippen LogP) is 3.65. The van der Waals surface area contributed by atoms with Gasteiger partial charge in [-0.05, 0) is 49.9 Å². The van der Waals surface area contributed by atoms with E-state index in [2.05, 4.69) is 10.2 Å². The SMILES string of the molecule is CC(C)N1C(=O)C(Cc2ccccc2)NC(=O)C12CCN(Cc1ccc(Cl)cc1)CC2. The zero-order valence-electron chi connectivity index (χ0n) is 18.2. The second-order valence-electron chi connectivity index (χ2n) is 8.95. The van der Waals surface area contributed by atoms with Gasteiger partial charge in [0.2, 0.25) is 11.8 Å². The minimum Gasteiger partial charge on any atom is -0.342 e. The molecule has 2 aromatic carbocycles. The van der Waals surface area contributed by atoms with Crippen LogP contribution in [0.2, 0.25) is 5.02 Å². The van der Waals surface area contributed by atoms with E-state index in [9.17, 15) is 9.59 Å². The van der Waals surface area contributed by atoms with Crippen LogP contribution in [0, 0.1) is 0 Å². The molecule has 0 radical (unpaired) electrons. The molecule has 1 unspecified atom stereocenters. The lowest BCUT2D eigenvalue weighted by atomic mass is 9.80. The number of piperazine rings is 1. The Balaban J connectivity index is 1.48. The van der Waals surface area contributed by atoms with Crippen LogP contribution in [-0.2, 0) is 22.6 Å². The molecule has 2 aliphatic heterocycles. The zero-order chi connectivity index (χ0) is 22.0. The summed E-state index contributed by atoms with van der Waals surface area (Å²) in [6.07, 6.45) is 1.82. The molecule has 0 saturated carbocycles. The van der Waals surface area contributed by atoms with Crippen LogP contribution < -0.4 is 5.32 Å². The number of carbonyl (C=O) groups is 2. The van der Waals surface area contributed by atoms with Crippen LogP contribution >= 0.6 is 11.6 Å². The summed E-state index contributed by atoms with van der Waals surface area (Å²) in [6.45, 7) is 6.39. The van der Waals surface area contributed by atoms with Gasteiger partial charge in [0.05, 0.1) is 0 Å². The smallest absolute Gasteiger partial charge is 0.246 e. The minimum atomic E-state index is -0.755. The van der Waals surface area contributed by atoms with Gasteiger partial charge in [-0.25, -0.2) is 0 Å². The van der Waals surface area contributed by atoms with Gasteiger partial charge in [0.15, 0.2) is 0 Å². The van der Waals surface area contributed by atoms with E-state index in [1.54, 1.807) is 0 Å². The summed E-state index contributed by atoms with van der Waals surface area (Å²) in [5, 5.41) is 3.80. The van der Waals surface area contributed by atoms with E-state index in [0.717, 1.165) is 30.2 Å². The van der Waals surface area contributed by atoms with Crippen LogP contribution in [0.15, 0.2) is 54.6 Å². The molecule has 4 rings (SSSR count). The van der Waals surface area contributed by atoms with Crippen LogP contribution in [0.4, 0.5) is 0 Å². The zero-order valence-corrected chi connectivity index (χ0v) is 18.9. The Morgan fingerprint density at radius 1 is 1.00 bits per heavy atom. The quantitative estimate of drug-likeness (QED) is 0.773. The molecule has 164 valence electrons. The summed E-state index contributed by atoms with van der Waals surface area (Å²) in [6, 6.07) is 17.2. The van der Waals surface area contributed by atoms with E-state index in [4.69, 9.17) is 11.6 Å². The Labute approximate surface area is 189 Å². The van der Waals surface area contributed by atoms with Gasteiger partial charge in [0.1, 0.15) is 11.6 Å². The summed E-state index contributed by atoms with van der Waals surface area (Å²) >= 11 is 5.99. The molecule has 6 heteroatoms. The van der Waals surface area contributed by atoms with Crippen molar-refractivity contribution in [1.29, 1.82) is 0 Å². The van der Waals surface area contributed by atoms with E-state index in [-0.39, 0.29) is 17.9 Å². The highest BCUT2D eigenvalue weighted by molar-refractivity contribution is 6.30. The van der Waals surface area contributed by atoms with Gasteiger partial charge in [0.25, 0.3) is 0 Å². The molecular weight excluding hydrogens is 410 g/mol. The number of likely N-dealkylation sites (tertiary alicyclic amines) is 1. The second kappa shape index (κ2) is 9.01. The number of hydrogen-bond donors (Lipinski definition) is 1. The topological polar surface area (TPSA) is 52.7 Å². The summed E-state index contributed by atoms with van der Waals surface area (Å²) < 4.78 is 0. The number of hydrogen-bond acceptors (Lipinski definition) is 3. The van der Waals surface area contributed by atoms with Gasteiger partial charge in [-0.3, -0.25) is 14.5 Å². The fraction of sp³-hybridized carbons (Fsp3) is 0.440. The van der Waals surface area contributed by atoms with E-state index in [0.29, 0.717) is 19.3 Å². The largest absolute Gasteiger partial charge is 0.342 e. The molecule has 31 heavy (non-hydrogen) atoms. The van der Waals surface area contributed by atoms with Crippen molar-refractivity contribution in [2.45, 2.75) is 57.3 Å². The van der Waals surface area contributed by atoms with Crippen molar-refractivity contribution in [3.05, 3.63) is 70.7 Å². The molecule has 2 fully saturated rings. The maximum Gasteiger partial charge on any atom is 0.246 e. The number of nitrogens with one attached hydrogen (secondary N) is 1. The highest BCUT2D eigenvalue weighted by Gasteiger charge is 2.54. The summed E-state index contributed by atoms with van der Waals surface area (Å²) in [7, 11) is 0. The molecule has 2 aromatic rings. The Hall–Kier alpha value is -2.37. The maximum atomic E-state index is 13.5. The monoisotopic (exact) mass is 439 g/mol. The van der Waals surface area contributed by atoms with Crippen molar-refractivity contribution < 1.29 is 9.59 Å². The number of amides is 2. The summed E-state index contributed by atoms with van der Waals surface area (Å²) in [5.74, 6) is 0.0254. The molecule has 0 bridgehead atoms. The van der Waals surface area contributed by atoms with Crippen molar-refractivity contribution >= 4 is 23.4 Å². The van der Waals surface area contributed by atoms with Gasteiger partial charge in [-0.1, -0.05) is 54.1 Å². The van der Waals surface area contributed by atoms with Crippen LogP contribution in [0.3, 0.4) is 0 Å². The predicted molar refractivity (Wildman–Crippen MR) is 123 cm³/mol. The van der Waals surface area contributed by atoms with E-state index in [1.807, 2.05) is 73.3 Å². The third-order valence-corrected chi connectivity index (χ3v) is 6.78. The van der Waals surface area contributed by atoms with Crippen molar-refractivity contribution in [1.82, 2.24) is 15.1 Å². The Morgan fingerprint density at radius 2 is 1.65 bits per heavy atom. The third kappa shape index (κ3) is 4.48. The number of nitrogens with zero attached hydrogens (tertiary/aromatic N) is 2. The van der Waals surface area contributed by atoms with Gasteiger partial charge >= 0.3 is 0 Å². The first-order valence-corrected chi connectivity index (χ1v) is 11.4. The number of piperidine rings is 1. The average Bonchev–Trinajstić information content (AvgIpc) is 2.76. The molecule has 2 saturated heterocycles. The fourth-order valence-corrected chi connectivity index (χ4v) is 5.10. The van der Waals surface area contributed by atoms with Crippen molar-refractivity contribution in [3.8, 4) is 0 Å². The Morgan fingerprint density at radius 3 is 2.26 bits per heavy atom. The fourth-order valence-electron chi connectivity index (χ4n) is 4.98. The van der Waals surface area contributed by atoms with Gasteiger partial charge in [-0.15, -0.1) is 0 Å². The molecule has 0 aliphatic carbocycles. The lowest BCUT2D eigenvalue weighted by Crippen LogP contribution is -2.74. The first-order valence-electron chi connectivity index (χ1n) is 11.0. The highest BCUT2D eigenvalue weighted by atomic mass is 35.5. The van der Waals surface area contributed by atoms with Gasteiger partial charge in [-0.2, -0.15) is 0 Å². The molecule has 2 aliphatic rings. The van der Waals surface area contributed by atoms with Crippen LogP contribution in [-0.4, -0.2) is 52.3 Å². The molecule has 2 heterocycles. The van der Waals surface area contributed by atoms with E-state index >= 15 is 0 Å². The van der Waals surface area contributed by atoms with Crippen molar-refractivity contribution in [2.24, 2.45) is 0 Å². The average molecular weight is 440 g/mol. The van der Waals surface area contributed by atoms with Crippen molar-refractivity contribution in [3.63, 3.8) is 0 Å². The molecule has 1 N–H and O–H groups in total. The normalized spacial score (nSPS) is 21.5. The molecule has 1 spiro atoms. The first kappa shape index (κ1) is 21.8. The van der Waals surface area contributed by atoms with Crippen molar-refractivity contribution in [2.75, 3.05) is 13.1 Å². The molecule has 5 nitrogen and oxygen atoms in total. The van der Waals surface area contributed by atoms with Crippen LogP contribution in [0.25, 0.3) is 0 Å². The maximum absolute atomic E-state index is 13.5. The molecule has 2 amide bonds. The number of rotatable bonds is 5. The van der Waals surface area contributed by atoms with Gasteiger partial charge in [0, 0.05) is 37.1 Å². The first-order chi connectivity index (χ1) is 14.9. The van der Waals surface area contributed by atoms with Crippen LogP contribution in [0.5, 0.6) is 0 Å². The second-order valence-corrected chi connectivity index (χ2v) is 9.39. The molecule has 1 atom stereocenters.